The summed E-state index contributed by atoms with van der Waals surface area (Å²) in [7, 11) is -2.85. The summed E-state index contributed by atoms with van der Waals surface area (Å²) in [5, 5.41) is 0. The molecule has 0 aliphatic heterocycles. The number of pyridine rings is 1. The van der Waals surface area contributed by atoms with Crippen LogP contribution in [-0.2, 0) is 16.3 Å². The molecular weight excluding hydrogens is 212 g/mol. The van der Waals surface area contributed by atoms with Gasteiger partial charge in [0, 0.05) is 11.9 Å². The third kappa shape index (κ3) is 4.29. The Hall–Kier alpha value is -1.10. The lowest BCUT2D eigenvalue weighted by atomic mass is 10.1. The number of nitrogens with zero attached hydrogens (tertiary/aromatic N) is 1. The first-order valence-corrected chi connectivity index (χ1v) is 6.76. The van der Waals surface area contributed by atoms with Crippen LogP contribution in [0.1, 0.15) is 18.9 Å². The van der Waals surface area contributed by atoms with Crippen molar-refractivity contribution in [3.63, 3.8) is 0 Å². The van der Waals surface area contributed by atoms with Gasteiger partial charge in [-0.05, 0) is 30.5 Å². The molecule has 0 atom stereocenters. The Morgan fingerprint density at radius 3 is 2.80 bits per heavy atom. The van der Waals surface area contributed by atoms with Gasteiger partial charge < -0.3 is 5.73 Å². The smallest absolute Gasteiger partial charge is 0.150 e. The molecule has 1 rings (SSSR count). The summed E-state index contributed by atoms with van der Waals surface area (Å²) < 4.78 is 22.4. The number of aromatic nitrogens is 1. The summed E-state index contributed by atoms with van der Waals surface area (Å²) in [6, 6.07) is 3.63. The van der Waals surface area contributed by atoms with Gasteiger partial charge >= 0.3 is 0 Å². The molecule has 0 amide bonds. The molecule has 0 saturated carbocycles. The Labute approximate surface area is 90.4 Å². The van der Waals surface area contributed by atoms with Crippen molar-refractivity contribution in [2.45, 2.75) is 19.8 Å². The van der Waals surface area contributed by atoms with Gasteiger partial charge in [-0.25, -0.2) is 13.4 Å². The molecule has 0 aromatic carbocycles. The third-order valence-electron chi connectivity index (χ3n) is 2.21. The van der Waals surface area contributed by atoms with E-state index in [1.54, 1.807) is 19.2 Å². The van der Waals surface area contributed by atoms with Crippen molar-refractivity contribution in [1.82, 2.24) is 4.98 Å². The van der Waals surface area contributed by atoms with E-state index in [4.69, 9.17) is 5.73 Å². The zero-order valence-corrected chi connectivity index (χ0v) is 9.63. The number of hydrogen-bond donors (Lipinski definition) is 1. The minimum Gasteiger partial charge on any atom is -0.384 e. The SMILES string of the molecule is CCS(=O)(=O)CCCc1ccnc(N)c1. The Bertz CT molecular complexity index is 415. The van der Waals surface area contributed by atoms with E-state index in [2.05, 4.69) is 4.98 Å². The quantitative estimate of drug-likeness (QED) is 0.817. The molecule has 0 aliphatic rings. The molecule has 15 heavy (non-hydrogen) atoms. The fourth-order valence-electron chi connectivity index (χ4n) is 1.29. The van der Waals surface area contributed by atoms with Gasteiger partial charge in [-0.1, -0.05) is 6.92 Å². The minimum atomic E-state index is -2.85. The number of sulfone groups is 1. The topological polar surface area (TPSA) is 73.0 Å². The van der Waals surface area contributed by atoms with E-state index < -0.39 is 9.84 Å². The van der Waals surface area contributed by atoms with Crippen molar-refractivity contribution >= 4 is 15.7 Å². The van der Waals surface area contributed by atoms with Crippen LogP contribution >= 0.6 is 0 Å². The van der Waals surface area contributed by atoms with Crippen molar-refractivity contribution in [3.05, 3.63) is 23.9 Å². The Balaban J connectivity index is 2.45. The molecular formula is C10H16N2O2S. The first kappa shape index (κ1) is 12.0. The van der Waals surface area contributed by atoms with Gasteiger partial charge in [0.2, 0.25) is 0 Å². The molecule has 0 unspecified atom stereocenters. The first-order valence-electron chi connectivity index (χ1n) is 4.94. The maximum absolute atomic E-state index is 11.2. The van der Waals surface area contributed by atoms with Crippen LogP contribution in [0.3, 0.4) is 0 Å². The van der Waals surface area contributed by atoms with Crippen molar-refractivity contribution in [2.24, 2.45) is 0 Å². The van der Waals surface area contributed by atoms with Crippen LogP contribution in [0, 0.1) is 0 Å². The van der Waals surface area contributed by atoms with Crippen LogP contribution in [0.15, 0.2) is 18.3 Å². The van der Waals surface area contributed by atoms with Crippen LogP contribution in [0.4, 0.5) is 5.82 Å². The molecule has 4 nitrogen and oxygen atoms in total. The predicted molar refractivity (Wildman–Crippen MR) is 61.3 cm³/mol. The molecule has 2 N–H and O–H groups in total. The summed E-state index contributed by atoms with van der Waals surface area (Å²) in [5.74, 6) is 0.933. The number of nitrogen functional groups attached to an aromatic ring is 1. The van der Waals surface area contributed by atoms with E-state index in [9.17, 15) is 8.42 Å². The highest BCUT2D eigenvalue weighted by Gasteiger charge is 2.06. The van der Waals surface area contributed by atoms with Crippen LogP contribution in [0.2, 0.25) is 0 Å². The predicted octanol–water partition coefficient (Wildman–Crippen LogP) is 1.03. The van der Waals surface area contributed by atoms with Crippen LogP contribution in [-0.4, -0.2) is 24.9 Å². The summed E-state index contributed by atoms with van der Waals surface area (Å²) in [6.45, 7) is 1.67. The fourth-order valence-corrected chi connectivity index (χ4v) is 2.16. The molecule has 5 heteroatoms. The highest BCUT2D eigenvalue weighted by atomic mass is 32.2. The number of anilines is 1. The van der Waals surface area contributed by atoms with Crippen molar-refractivity contribution in [1.29, 1.82) is 0 Å². The van der Waals surface area contributed by atoms with Crippen LogP contribution in [0.25, 0.3) is 0 Å². The average molecular weight is 228 g/mol. The van der Waals surface area contributed by atoms with Crippen molar-refractivity contribution in [2.75, 3.05) is 17.2 Å². The molecule has 1 aromatic heterocycles. The maximum atomic E-state index is 11.2. The molecule has 0 spiro atoms. The fraction of sp³-hybridized carbons (Fsp3) is 0.500. The van der Waals surface area contributed by atoms with E-state index in [1.807, 2.05) is 6.07 Å². The summed E-state index contributed by atoms with van der Waals surface area (Å²) in [6.07, 6.45) is 3.00. The minimum absolute atomic E-state index is 0.214. The van der Waals surface area contributed by atoms with Gasteiger partial charge in [0.1, 0.15) is 15.7 Å². The lowest BCUT2D eigenvalue weighted by molar-refractivity contribution is 0.594. The highest BCUT2D eigenvalue weighted by molar-refractivity contribution is 7.91. The van der Waals surface area contributed by atoms with Gasteiger partial charge in [0.25, 0.3) is 0 Å². The van der Waals surface area contributed by atoms with E-state index in [1.165, 1.54) is 0 Å². The summed E-state index contributed by atoms with van der Waals surface area (Å²) in [5.41, 5.74) is 6.55. The van der Waals surface area contributed by atoms with Crippen molar-refractivity contribution in [3.8, 4) is 0 Å². The molecule has 0 radical (unpaired) electrons. The van der Waals surface area contributed by atoms with E-state index >= 15 is 0 Å². The molecule has 1 aromatic rings. The van der Waals surface area contributed by atoms with E-state index in [0.717, 1.165) is 12.0 Å². The van der Waals surface area contributed by atoms with Gasteiger partial charge in [-0.3, -0.25) is 0 Å². The van der Waals surface area contributed by atoms with E-state index in [-0.39, 0.29) is 11.5 Å². The zero-order valence-electron chi connectivity index (χ0n) is 8.81. The standard InChI is InChI=1S/C10H16N2O2S/c1-2-15(13,14)7-3-4-9-5-6-12-10(11)8-9/h5-6,8H,2-4,7H2,1H3,(H2,11,12). The van der Waals surface area contributed by atoms with Gasteiger partial charge in [0.15, 0.2) is 0 Å². The summed E-state index contributed by atoms with van der Waals surface area (Å²) >= 11 is 0. The van der Waals surface area contributed by atoms with E-state index in [0.29, 0.717) is 12.2 Å². The Morgan fingerprint density at radius 2 is 2.20 bits per heavy atom. The second-order valence-corrected chi connectivity index (χ2v) is 5.90. The molecule has 0 fully saturated rings. The molecule has 1 heterocycles. The highest BCUT2D eigenvalue weighted by Crippen LogP contribution is 2.07. The normalized spacial score (nSPS) is 11.5. The summed E-state index contributed by atoms with van der Waals surface area (Å²) in [4.78, 5) is 3.87. The first-order chi connectivity index (χ1) is 7.03. The second-order valence-electron chi connectivity index (χ2n) is 3.43. The maximum Gasteiger partial charge on any atom is 0.150 e. The van der Waals surface area contributed by atoms with Gasteiger partial charge in [0.05, 0.1) is 5.75 Å². The zero-order chi connectivity index (χ0) is 11.3. The number of rotatable bonds is 5. The average Bonchev–Trinajstić information content (AvgIpc) is 2.18. The van der Waals surface area contributed by atoms with Crippen LogP contribution in [0.5, 0.6) is 0 Å². The van der Waals surface area contributed by atoms with Crippen LogP contribution < -0.4 is 5.73 Å². The largest absolute Gasteiger partial charge is 0.384 e. The molecule has 0 aliphatic carbocycles. The lowest BCUT2D eigenvalue weighted by Crippen LogP contribution is -2.09. The Morgan fingerprint density at radius 1 is 1.47 bits per heavy atom. The van der Waals surface area contributed by atoms with Crippen molar-refractivity contribution < 1.29 is 8.42 Å². The number of aryl methyl sites for hydroxylation is 1. The molecule has 0 bridgehead atoms. The third-order valence-corrected chi connectivity index (χ3v) is 4.00. The lowest BCUT2D eigenvalue weighted by Gasteiger charge is -2.02. The molecule has 0 saturated heterocycles. The Kier molecular flexibility index (Phi) is 4.08. The number of hydrogen-bond acceptors (Lipinski definition) is 4. The molecule has 84 valence electrons. The van der Waals surface area contributed by atoms with Gasteiger partial charge in [-0.15, -0.1) is 0 Å². The monoisotopic (exact) mass is 228 g/mol. The van der Waals surface area contributed by atoms with Gasteiger partial charge in [-0.2, -0.15) is 0 Å². The number of nitrogens with two attached hydrogens (primary N) is 1. The second kappa shape index (κ2) is 5.11.